The molecule has 0 aliphatic rings. The fraction of sp³-hybridized carbons (Fsp3) is 0.375. The molecule has 136 valence electrons. The van der Waals surface area contributed by atoms with Gasteiger partial charge in [-0.2, -0.15) is 4.31 Å². The number of rotatable bonds is 8. The first-order valence-corrected chi connectivity index (χ1v) is 9.32. The molecule has 2 aromatic rings. The van der Waals surface area contributed by atoms with Crippen LogP contribution < -0.4 is 10.9 Å². The first-order chi connectivity index (χ1) is 11.9. The van der Waals surface area contributed by atoms with E-state index >= 15 is 0 Å². The minimum atomic E-state index is -3.70. The maximum absolute atomic E-state index is 12.5. The predicted molar refractivity (Wildman–Crippen MR) is 91.4 cm³/mol. The summed E-state index contributed by atoms with van der Waals surface area (Å²) in [5, 5.41) is 2.61. The molecule has 2 heterocycles. The SMILES string of the molecule is CCN(CC)S(=O)(=O)c1ccc(=O)n(CC(=O)NCc2ccco2)c1. The number of hydrogen-bond acceptors (Lipinski definition) is 5. The molecule has 0 fully saturated rings. The van der Waals surface area contributed by atoms with Crippen molar-refractivity contribution in [3.05, 3.63) is 52.8 Å². The molecule has 2 rings (SSSR count). The molecule has 0 saturated carbocycles. The highest BCUT2D eigenvalue weighted by molar-refractivity contribution is 7.89. The average molecular weight is 367 g/mol. The zero-order valence-electron chi connectivity index (χ0n) is 14.1. The maximum Gasteiger partial charge on any atom is 0.251 e. The van der Waals surface area contributed by atoms with Crippen LogP contribution in [0.1, 0.15) is 19.6 Å². The van der Waals surface area contributed by atoms with Crippen molar-refractivity contribution in [2.45, 2.75) is 31.8 Å². The predicted octanol–water partition coefficient (Wildman–Crippen LogP) is 0.788. The van der Waals surface area contributed by atoms with Gasteiger partial charge in [0, 0.05) is 25.4 Å². The lowest BCUT2D eigenvalue weighted by Gasteiger charge is -2.19. The molecule has 0 unspecified atom stereocenters. The van der Waals surface area contributed by atoms with E-state index in [1.807, 2.05) is 0 Å². The summed E-state index contributed by atoms with van der Waals surface area (Å²) in [5.74, 6) is 0.162. The zero-order valence-corrected chi connectivity index (χ0v) is 15.0. The van der Waals surface area contributed by atoms with Crippen LogP contribution in [0.2, 0.25) is 0 Å². The molecule has 9 heteroatoms. The van der Waals surface area contributed by atoms with Crippen LogP contribution in [0.5, 0.6) is 0 Å². The number of aromatic nitrogens is 1. The van der Waals surface area contributed by atoms with Gasteiger partial charge in [0.05, 0.1) is 17.7 Å². The van der Waals surface area contributed by atoms with Crippen LogP contribution in [0.3, 0.4) is 0 Å². The quantitative estimate of drug-likeness (QED) is 0.743. The van der Waals surface area contributed by atoms with Gasteiger partial charge in [0.1, 0.15) is 12.3 Å². The van der Waals surface area contributed by atoms with Crippen LogP contribution >= 0.6 is 0 Å². The molecule has 0 aromatic carbocycles. The molecule has 0 aliphatic heterocycles. The van der Waals surface area contributed by atoms with E-state index in [0.717, 1.165) is 10.6 Å². The molecule has 0 radical (unpaired) electrons. The van der Waals surface area contributed by atoms with Crippen LogP contribution in [-0.2, 0) is 27.9 Å². The first kappa shape index (κ1) is 18.9. The van der Waals surface area contributed by atoms with Crippen molar-refractivity contribution in [1.82, 2.24) is 14.2 Å². The number of nitrogens with zero attached hydrogens (tertiary/aromatic N) is 2. The van der Waals surface area contributed by atoms with Gasteiger partial charge in [0.15, 0.2) is 0 Å². The van der Waals surface area contributed by atoms with Crippen molar-refractivity contribution in [3.8, 4) is 0 Å². The summed E-state index contributed by atoms with van der Waals surface area (Å²) in [6.07, 6.45) is 2.69. The Balaban J connectivity index is 2.16. The number of furan rings is 1. The first-order valence-electron chi connectivity index (χ1n) is 7.88. The molecular weight excluding hydrogens is 346 g/mol. The van der Waals surface area contributed by atoms with E-state index in [1.165, 1.54) is 22.8 Å². The monoisotopic (exact) mass is 367 g/mol. The van der Waals surface area contributed by atoms with E-state index in [4.69, 9.17) is 4.42 Å². The van der Waals surface area contributed by atoms with Crippen LogP contribution in [0, 0.1) is 0 Å². The summed E-state index contributed by atoms with van der Waals surface area (Å²) in [5.41, 5.74) is -0.452. The van der Waals surface area contributed by atoms with Crippen LogP contribution in [0.15, 0.2) is 50.8 Å². The van der Waals surface area contributed by atoms with Crippen molar-refractivity contribution >= 4 is 15.9 Å². The Morgan fingerprint density at radius 1 is 1.24 bits per heavy atom. The smallest absolute Gasteiger partial charge is 0.251 e. The molecule has 0 saturated heterocycles. The minimum absolute atomic E-state index is 0.0189. The number of carbonyl (C=O) groups excluding carboxylic acids is 1. The molecule has 1 amide bonds. The van der Waals surface area contributed by atoms with Gasteiger partial charge in [0.25, 0.3) is 5.56 Å². The molecule has 0 bridgehead atoms. The third kappa shape index (κ3) is 4.58. The second-order valence-corrected chi connectivity index (χ2v) is 7.21. The summed E-state index contributed by atoms with van der Waals surface area (Å²) in [7, 11) is -3.70. The van der Waals surface area contributed by atoms with Crippen LogP contribution in [0.25, 0.3) is 0 Å². The molecular formula is C16H21N3O5S. The molecule has 0 atom stereocenters. The second kappa shape index (κ2) is 8.13. The van der Waals surface area contributed by atoms with Gasteiger partial charge in [-0.1, -0.05) is 13.8 Å². The molecule has 0 spiro atoms. The van der Waals surface area contributed by atoms with Gasteiger partial charge >= 0.3 is 0 Å². The Morgan fingerprint density at radius 2 is 1.96 bits per heavy atom. The Hall–Kier alpha value is -2.39. The van der Waals surface area contributed by atoms with Gasteiger partial charge in [-0.15, -0.1) is 0 Å². The topological polar surface area (TPSA) is 102 Å². The number of nitrogens with one attached hydrogen (secondary N) is 1. The van der Waals surface area contributed by atoms with Crippen molar-refractivity contribution in [1.29, 1.82) is 0 Å². The van der Waals surface area contributed by atoms with Gasteiger partial charge in [-0.25, -0.2) is 8.42 Å². The molecule has 2 aromatic heterocycles. The highest BCUT2D eigenvalue weighted by Crippen LogP contribution is 2.13. The third-order valence-electron chi connectivity index (χ3n) is 3.65. The highest BCUT2D eigenvalue weighted by Gasteiger charge is 2.22. The van der Waals surface area contributed by atoms with E-state index < -0.39 is 21.5 Å². The van der Waals surface area contributed by atoms with Crippen LogP contribution in [0.4, 0.5) is 0 Å². The maximum atomic E-state index is 12.5. The lowest BCUT2D eigenvalue weighted by molar-refractivity contribution is -0.122. The van der Waals surface area contributed by atoms with Gasteiger partial charge < -0.3 is 14.3 Å². The Morgan fingerprint density at radius 3 is 2.56 bits per heavy atom. The fourth-order valence-electron chi connectivity index (χ4n) is 2.31. The molecule has 8 nitrogen and oxygen atoms in total. The summed E-state index contributed by atoms with van der Waals surface area (Å²) < 4.78 is 32.5. The minimum Gasteiger partial charge on any atom is -0.467 e. The van der Waals surface area contributed by atoms with Crippen molar-refractivity contribution in [2.24, 2.45) is 0 Å². The summed E-state index contributed by atoms with van der Waals surface area (Å²) in [6.45, 7) is 4.03. The summed E-state index contributed by atoms with van der Waals surface area (Å²) in [6, 6.07) is 5.82. The van der Waals surface area contributed by atoms with Gasteiger partial charge in [0.2, 0.25) is 15.9 Å². The van der Waals surface area contributed by atoms with E-state index in [0.29, 0.717) is 18.8 Å². The number of pyridine rings is 1. The van der Waals surface area contributed by atoms with E-state index in [2.05, 4.69) is 5.32 Å². The molecule has 0 aliphatic carbocycles. The lowest BCUT2D eigenvalue weighted by Crippen LogP contribution is -2.34. The van der Waals surface area contributed by atoms with Crippen molar-refractivity contribution in [2.75, 3.05) is 13.1 Å². The summed E-state index contributed by atoms with van der Waals surface area (Å²) in [4.78, 5) is 23.9. The number of carbonyl (C=O) groups is 1. The Labute approximate surface area is 146 Å². The number of hydrogen-bond donors (Lipinski definition) is 1. The van der Waals surface area contributed by atoms with E-state index in [-0.39, 0.29) is 18.0 Å². The Kier molecular flexibility index (Phi) is 6.16. The standard InChI is InChI=1S/C16H21N3O5S/c1-3-19(4-2)25(22,23)14-7-8-16(21)18(11-14)12-15(20)17-10-13-6-5-9-24-13/h5-9,11H,3-4,10,12H2,1-2H3,(H,17,20). The highest BCUT2D eigenvalue weighted by atomic mass is 32.2. The second-order valence-electron chi connectivity index (χ2n) is 5.28. The molecule has 25 heavy (non-hydrogen) atoms. The normalized spacial score (nSPS) is 11.6. The van der Waals surface area contributed by atoms with Crippen molar-refractivity contribution in [3.63, 3.8) is 0 Å². The lowest BCUT2D eigenvalue weighted by atomic mass is 10.4. The summed E-state index contributed by atoms with van der Waals surface area (Å²) >= 11 is 0. The zero-order chi connectivity index (χ0) is 18.4. The number of sulfonamides is 1. The van der Waals surface area contributed by atoms with Crippen molar-refractivity contribution < 1.29 is 17.6 Å². The Bertz CT molecular complexity index is 867. The fourth-order valence-corrected chi connectivity index (χ4v) is 3.79. The largest absolute Gasteiger partial charge is 0.467 e. The third-order valence-corrected chi connectivity index (χ3v) is 5.69. The molecule has 1 N–H and O–H groups in total. The number of amides is 1. The van der Waals surface area contributed by atoms with E-state index in [1.54, 1.807) is 26.0 Å². The van der Waals surface area contributed by atoms with Gasteiger partial charge in [-0.05, 0) is 18.2 Å². The van der Waals surface area contributed by atoms with E-state index in [9.17, 15) is 18.0 Å². The van der Waals surface area contributed by atoms with Gasteiger partial charge in [-0.3, -0.25) is 9.59 Å². The average Bonchev–Trinajstić information content (AvgIpc) is 3.09. The van der Waals surface area contributed by atoms with Crippen LogP contribution in [-0.4, -0.2) is 36.3 Å².